The summed E-state index contributed by atoms with van der Waals surface area (Å²) < 4.78 is 25.2. The van der Waals surface area contributed by atoms with Crippen LogP contribution in [-0.2, 0) is 4.74 Å². The molecule has 0 saturated carbocycles. The van der Waals surface area contributed by atoms with Gasteiger partial charge in [-0.2, -0.15) is 0 Å². The molecule has 5 heteroatoms. The van der Waals surface area contributed by atoms with Crippen LogP contribution in [0.25, 0.3) is 0 Å². The molecule has 1 aliphatic rings. The Labute approximate surface area is 121 Å². The highest BCUT2D eigenvalue weighted by molar-refractivity contribution is 9.10. The lowest BCUT2D eigenvalue weighted by Gasteiger charge is -2.42. The molecule has 0 unspecified atom stereocenters. The van der Waals surface area contributed by atoms with E-state index >= 15 is 0 Å². The summed E-state index contributed by atoms with van der Waals surface area (Å²) in [5, 5.41) is 0. The van der Waals surface area contributed by atoms with Crippen molar-refractivity contribution in [2.75, 3.05) is 40.5 Å². The van der Waals surface area contributed by atoms with E-state index in [-0.39, 0.29) is 11.2 Å². The fourth-order valence-electron chi connectivity index (χ4n) is 2.25. The van der Waals surface area contributed by atoms with Crippen LogP contribution in [0.4, 0.5) is 4.39 Å². The average molecular weight is 332 g/mol. The lowest BCUT2D eigenvalue weighted by molar-refractivity contribution is -0.140. The second-order valence-corrected chi connectivity index (χ2v) is 6.41. The summed E-state index contributed by atoms with van der Waals surface area (Å²) in [5.41, 5.74) is 0.635. The maximum absolute atomic E-state index is 13.4. The Morgan fingerprint density at radius 1 is 1.42 bits per heavy atom. The molecular formula is C14H19BrFNO2. The number of ether oxygens (including phenoxy) is 2. The fourth-order valence-corrected chi connectivity index (χ4v) is 2.68. The lowest BCUT2D eigenvalue weighted by Crippen LogP contribution is -2.53. The van der Waals surface area contributed by atoms with Gasteiger partial charge < -0.3 is 14.4 Å². The van der Waals surface area contributed by atoms with Gasteiger partial charge in [0.15, 0.2) is 0 Å². The molecule has 0 atom stereocenters. The SMILES string of the molecule is Cc1cc(OCC2(CN(C)C)COC2)c(Br)cc1F. The molecule has 0 spiro atoms. The van der Waals surface area contributed by atoms with Crippen LogP contribution in [0.3, 0.4) is 0 Å². The molecule has 19 heavy (non-hydrogen) atoms. The molecule has 106 valence electrons. The fraction of sp³-hybridized carbons (Fsp3) is 0.571. The van der Waals surface area contributed by atoms with Gasteiger partial charge in [0.25, 0.3) is 0 Å². The summed E-state index contributed by atoms with van der Waals surface area (Å²) in [6.45, 7) is 4.66. The Morgan fingerprint density at radius 2 is 2.11 bits per heavy atom. The molecule has 1 aromatic rings. The van der Waals surface area contributed by atoms with E-state index in [1.54, 1.807) is 13.0 Å². The summed E-state index contributed by atoms with van der Waals surface area (Å²) in [4.78, 5) is 2.14. The van der Waals surface area contributed by atoms with Gasteiger partial charge in [-0.1, -0.05) is 0 Å². The van der Waals surface area contributed by atoms with Gasteiger partial charge in [0, 0.05) is 6.54 Å². The van der Waals surface area contributed by atoms with Crippen molar-refractivity contribution in [3.8, 4) is 5.75 Å². The number of halogens is 2. The minimum absolute atomic E-state index is 0.0469. The molecule has 1 saturated heterocycles. The van der Waals surface area contributed by atoms with Gasteiger partial charge in [0.05, 0.1) is 29.7 Å². The minimum Gasteiger partial charge on any atom is -0.492 e. The molecule has 2 rings (SSSR count). The van der Waals surface area contributed by atoms with Gasteiger partial charge >= 0.3 is 0 Å². The first kappa shape index (κ1) is 14.8. The van der Waals surface area contributed by atoms with E-state index in [1.807, 2.05) is 14.1 Å². The summed E-state index contributed by atoms with van der Waals surface area (Å²) in [6.07, 6.45) is 0. The molecule has 1 heterocycles. The van der Waals surface area contributed by atoms with Gasteiger partial charge in [-0.05, 0) is 54.6 Å². The van der Waals surface area contributed by atoms with E-state index in [0.717, 1.165) is 6.54 Å². The topological polar surface area (TPSA) is 21.7 Å². The van der Waals surface area contributed by atoms with Crippen molar-refractivity contribution in [2.45, 2.75) is 6.92 Å². The van der Waals surface area contributed by atoms with Gasteiger partial charge in [-0.15, -0.1) is 0 Å². The van der Waals surface area contributed by atoms with Crippen molar-refractivity contribution in [3.63, 3.8) is 0 Å². The van der Waals surface area contributed by atoms with Gasteiger partial charge in [-0.3, -0.25) is 0 Å². The number of hydrogen-bond donors (Lipinski definition) is 0. The summed E-state index contributed by atoms with van der Waals surface area (Å²) in [7, 11) is 4.08. The van der Waals surface area contributed by atoms with Gasteiger partial charge in [-0.25, -0.2) is 4.39 Å². The van der Waals surface area contributed by atoms with Crippen molar-refractivity contribution in [3.05, 3.63) is 28.0 Å². The predicted molar refractivity (Wildman–Crippen MR) is 76.1 cm³/mol. The number of aryl methyl sites for hydroxylation is 1. The zero-order chi connectivity index (χ0) is 14.0. The van der Waals surface area contributed by atoms with Gasteiger partial charge in [0.2, 0.25) is 0 Å². The van der Waals surface area contributed by atoms with Crippen LogP contribution >= 0.6 is 15.9 Å². The van der Waals surface area contributed by atoms with Crippen LogP contribution in [0, 0.1) is 18.2 Å². The first-order valence-electron chi connectivity index (χ1n) is 6.23. The van der Waals surface area contributed by atoms with Crippen LogP contribution in [0.15, 0.2) is 16.6 Å². The quantitative estimate of drug-likeness (QED) is 0.828. The highest BCUT2D eigenvalue weighted by Crippen LogP contribution is 2.33. The Kier molecular flexibility index (Phi) is 4.48. The van der Waals surface area contributed by atoms with E-state index in [0.29, 0.717) is 35.6 Å². The van der Waals surface area contributed by atoms with Crippen molar-refractivity contribution >= 4 is 15.9 Å². The molecule has 1 fully saturated rings. The lowest BCUT2D eigenvalue weighted by atomic mass is 9.86. The molecule has 0 aromatic heterocycles. The number of rotatable bonds is 5. The molecule has 0 aliphatic carbocycles. The normalized spacial score (nSPS) is 17.4. The largest absolute Gasteiger partial charge is 0.492 e. The third kappa shape index (κ3) is 3.46. The molecule has 1 aromatic carbocycles. The zero-order valence-electron chi connectivity index (χ0n) is 11.5. The highest BCUT2D eigenvalue weighted by Gasteiger charge is 2.40. The van der Waals surface area contributed by atoms with Crippen LogP contribution in [0.1, 0.15) is 5.56 Å². The predicted octanol–water partition coefficient (Wildman–Crippen LogP) is 2.85. The van der Waals surface area contributed by atoms with Crippen LogP contribution in [0.2, 0.25) is 0 Å². The van der Waals surface area contributed by atoms with Crippen molar-refractivity contribution < 1.29 is 13.9 Å². The van der Waals surface area contributed by atoms with E-state index in [1.165, 1.54) is 6.07 Å². The van der Waals surface area contributed by atoms with Gasteiger partial charge in [0.1, 0.15) is 11.6 Å². The smallest absolute Gasteiger partial charge is 0.133 e. The first-order valence-corrected chi connectivity index (χ1v) is 7.02. The Bertz CT molecular complexity index is 461. The molecule has 0 amide bonds. The number of hydrogen-bond acceptors (Lipinski definition) is 3. The third-order valence-corrected chi connectivity index (χ3v) is 3.83. The van der Waals surface area contributed by atoms with Crippen LogP contribution in [0.5, 0.6) is 5.75 Å². The summed E-state index contributed by atoms with van der Waals surface area (Å²) in [6, 6.07) is 3.17. The van der Waals surface area contributed by atoms with E-state index < -0.39 is 0 Å². The second kappa shape index (κ2) is 5.77. The van der Waals surface area contributed by atoms with Crippen molar-refractivity contribution in [1.29, 1.82) is 0 Å². The first-order chi connectivity index (χ1) is 8.92. The summed E-state index contributed by atoms with van der Waals surface area (Å²) >= 11 is 3.33. The molecule has 1 aliphatic heterocycles. The second-order valence-electron chi connectivity index (χ2n) is 5.55. The third-order valence-electron chi connectivity index (χ3n) is 3.22. The van der Waals surface area contributed by atoms with Crippen molar-refractivity contribution in [2.24, 2.45) is 5.41 Å². The van der Waals surface area contributed by atoms with E-state index in [9.17, 15) is 4.39 Å². The van der Waals surface area contributed by atoms with E-state index in [2.05, 4.69) is 20.8 Å². The number of benzene rings is 1. The molecular weight excluding hydrogens is 313 g/mol. The van der Waals surface area contributed by atoms with Crippen LogP contribution in [-0.4, -0.2) is 45.4 Å². The molecule has 0 N–H and O–H groups in total. The van der Waals surface area contributed by atoms with Crippen molar-refractivity contribution in [1.82, 2.24) is 4.90 Å². The minimum atomic E-state index is -0.228. The average Bonchev–Trinajstić information content (AvgIpc) is 2.27. The van der Waals surface area contributed by atoms with E-state index in [4.69, 9.17) is 9.47 Å². The van der Waals surface area contributed by atoms with Crippen LogP contribution < -0.4 is 4.74 Å². The Morgan fingerprint density at radius 3 is 2.63 bits per heavy atom. The highest BCUT2D eigenvalue weighted by atomic mass is 79.9. The standard InChI is InChI=1S/C14H19BrFNO2/c1-10-4-13(11(15)5-12(10)16)19-9-14(6-17(2)3)7-18-8-14/h4-5H,6-9H2,1-3H3. The molecule has 0 radical (unpaired) electrons. The Hall–Kier alpha value is -0.650. The zero-order valence-corrected chi connectivity index (χ0v) is 13.1. The molecule has 0 bridgehead atoms. The molecule has 3 nitrogen and oxygen atoms in total. The summed E-state index contributed by atoms with van der Waals surface area (Å²) in [5.74, 6) is 0.457. The Balaban J connectivity index is 2.03. The maximum atomic E-state index is 13.4. The monoisotopic (exact) mass is 331 g/mol. The number of nitrogens with zero attached hydrogens (tertiary/aromatic N) is 1. The maximum Gasteiger partial charge on any atom is 0.133 e.